The molecular weight excluding hydrogens is 100 g/mol. The van der Waals surface area contributed by atoms with Gasteiger partial charge < -0.3 is 4.79 Å². The van der Waals surface area contributed by atoms with Gasteiger partial charge in [0, 0.05) is 0 Å². The highest BCUT2D eigenvalue weighted by Gasteiger charge is 1.91. The van der Waals surface area contributed by atoms with Gasteiger partial charge in [-0.15, -0.1) is 0 Å². The second-order valence-electron chi connectivity index (χ2n) is 0.678. The van der Waals surface area contributed by atoms with E-state index < -0.39 is 10.9 Å². The lowest BCUT2D eigenvalue weighted by Gasteiger charge is -1.75. The zero-order valence-electron chi connectivity index (χ0n) is 2.86. The molecule has 4 heteroatoms. The van der Waals surface area contributed by atoms with E-state index in [0.29, 0.717) is 0 Å². The van der Waals surface area contributed by atoms with E-state index in [4.69, 9.17) is 17.0 Å². The van der Waals surface area contributed by atoms with Crippen molar-refractivity contribution in [2.45, 2.75) is 0 Å². The summed E-state index contributed by atoms with van der Waals surface area (Å²) in [7, 11) is 4.44. The molecule has 0 rings (SSSR count). The van der Waals surface area contributed by atoms with Gasteiger partial charge in [-0.25, -0.2) is 0 Å². The van der Waals surface area contributed by atoms with Gasteiger partial charge in [0.2, 0.25) is 0 Å². The first-order valence-corrected chi connectivity index (χ1v) is 1.56. The molecule has 0 aliphatic heterocycles. The molecule has 0 unspecified atom stereocenters. The van der Waals surface area contributed by atoms with Crippen LogP contribution in [-0.2, 0) is 4.79 Å². The van der Waals surface area contributed by atoms with Crippen molar-refractivity contribution < 1.29 is 4.79 Å². The molecule has 6 heavy (non-hydrogen) atoms. The Morgan fingerprint density at radius 1 is 1.83 bits per heavy atom. The molecule has 0 aliphatic rings. The molecular formula is C2HBClNO. The molecule has 30 valence electrons. The maximum absolute atomic E-state index is 9.56. The number of hydrogen-bond acceptors (Lipinski definition) is 2. The maximum Gasteiger partial charge on any atom is 0.178 e. The first kappa shape index (κ1) is 5.69. The van der Waals surface area contributed by atoms with Crippen LogP contribution in [0, 0.1) is 5.41 Å². The standard InChI is InChI=1S/C2HBClNO/c3-1(6)2(4)5/h5H. The monoisotopic (exact) mass is 101 g/mol. The molecule has 0 aromatic carbocycles. The van der Waals surface area contributed by atoms with Gasteiger partial charge in [0.25, 0.3) is 0 Å². The highest BCUT2D eigenvalue weighted by Crippen LogP contribution is 1.75. The normalized spacial score (nSPS) is 7.50. The van der Waals surface area contributed by atoms with E-state index in [1.807, 2.05) is 0 Å². The van der Waals surface area contributed by atoms with Crippen LogP contribution in [0.4, 0.5) is 0 Å². The molecule has 0 heterocycles. The number of rotatable bonds is 1. The lowest BCUT2D eigenvalue weighted by Crippen LogP contribution is -2.03. The highest BCUT2D eigenvalue weighted by molar-refractivity contribution is 6.96. The van der Waals surface area contributed by atoms with Crippen molar-refractivity contribution in [1.82, 2.24) is 0 Å². The van der Waals surface area contributed by atoms with Gasteiger partial charge in [0.05, 0.1) is 0 Å². The van der Waals surface area contributed by atoms with Gasteiger partial charge in [0.15, 0.2) is 13.0 Å². The minimum Gasteiger partial charge on any atom is -0.305 e. The van der Waals surface area contributed by atoms with E-state index in [-0.39, 0.29) is 0 Å². The van der Waals surface area contributed by atoms with Crippen molar-refractivity contribution in [3.05, 3.63) is 0 Å². The molecule has 0 aliphatic carbocycles. The lowest BCUT2D eigenvalue weighted by molar-refractivity contribution is -0.106. The zero-order chi connectivity index (χ0) is 5.15. The molecule has 0 saturated heterocycles. The van der Waals surface area contributed by atoms with Gasteiger partial charge >= 0.3 is 0 Å². The summed E-state index contributed by atoms with van der Waals surface area (Å²) in [5.74, 6) is 0. The van der Waals surface area contributed by atoms with Gasteiger partial charge in [-0.2, -0.15) is 0 Å². The van der Waals surface area contributed by atoms with Crippen molar-refractivity contribution in [1.29, 1.82) is 5.41 Å². The Bertz CT molecular complexity index is 79.5. The second kappa shape index (κ2) is 1.98. The molecule has 1 N–H and O–H groups in total. The van der Waals surface area contributed by atoms with Gasteiger partial charge in [0.1, 0.15) is 5.68 Å². The van der Waals surface area contributed by atoms with Crippen LogP contribution in [0.5, 0.6) is 0 Å². The Hall–Kier alpha value is -0.305. The molecule has 0 aromatic heterocycles. The number of nitrogens with one attached hydrogen (secondary N) is 1. The predicted molar refractivity (Wildman–Crippen MR) is 24.3 cm³/mol. The van der Waals surface area contributed by atoms with Crippen LogP contribution >= 0.6 is 11.6 Å². The lowest BCUT2D eigenvalue weighted by atomic mass is 10.1. The molecule has 0 aromatic rings. The van der Waals surface area contributed by atoms with E-state index in [2.05, 4.69) is 7.85 Å². The van der Waals surface area contributed by atoms with Crippen LogP contribution < -0.4 is 0 Å². The summed E-state index contributed by atoms with van der Waals surface area (Å²) in [6, 6.07) is 0. The fraction of sp³-hybridized carbons (Fsp3) is 0. The summed E-state index contributed by atoms with van der Waals surface area (Å²) >= 11 is 4.72. The van der Waals surface area contributed by atoms with Gasteiger partial charge in [-0.3, -0.25) is 5.41 Å². The number of hydrogen-bond donors (Lipinski definition) is 1. The van der Waals surface area contributed by atoms with E-state index in [1.165, 1.54) is 0 Å². The SMILES string of the molecule is [B]C(=O)C(=N)Cl. The average Bonchev–Trinajstić information content (AvgIpc) is 1.36. The summed E-state index contributed by atoms with van der Waals surface area (Å²) in [5.41, 5.74) is -0.892. The van der Waals surface area contributed by atoms with E-state index >= 15 is 0 Å². The molecule has 0 fully saturated rings. The Morgan fingerprint density at radius 3 is 2.00 bits per heavy atom. The smallest absolute Gasteiger partial charge is 0.178 e. The largest absolute Gasteiger partial charge is 0.305 e. The van der Waals surface area contributed by atoms with Crippen LogP contribution in [0.15, 0.2) is 0 Å². The van der Waals surface area contributed by atoms with Crippen molar-refractivity contribution in [3.8, 4) is 0 Å². The highest BCUT2D eigenvalue weighted by atomic mass is 35.5. The van der Waals surface area contributed by atoms with E-state index in [1.54, 1.807) is 0 Å². The summed E-state index contributed by atoms with van der Waals surface area (Å²) in [4.78, 5) is 9.56. The predicted octanol–water partition coefficient (Wildman–Crippen LogP) is -0.102. The molecule has 0 atom stereocenters. The van der Waals surface area contributed by atoms with Crippen molar-refractivity contribution >= 4 is 30.3 Å². The van der Waals surface area contributed by atoms with Crippen LogP contribution in [0.1, 0.15) is 0 Å². The van der Waals surface area contributed by atoms with Crippen molar-refractivity contribution in [2.75, 3.05) is 0 Å². The third-order valence-corrected chi connectivity index (χ3v) is 0.403. The fourth-order valence-corrected chi connectivity index (χ4v) is 0. The molecule has 0 spiro atoms. The Kier molecular flexibility index (Phi) is 1.88. The van der Waals surface area contributed by atoms with Gasteiger partial charge in [-0.1, -0.05) is 11.6 Å². The summed E-state index contributed by atoms with van der Waals surface area (Å²) in [5, 5.41) is 5.61. The molecule has 0 amide bonds. The number of carbonyl (C=O) groups is 1. The van der Waals surface area contributed by atoms with Crippen LogP contribution in [0.3, 0.4) is 0 Å². The van der Waals surface area contributed by atoms with Crippen molar-refractivity contribution in [2.24, 2.45) is 0 Å². The molecule has 2 radical (unpaired) electrons. The third-order valence-electron chi connectivity index (χ3n) is 0.216. The number of carbonyl (C=O) groups excluding carboxylic acids is 1. The molecule has 2 nitrogen and oxygen atoms in total. The minimum atomic E-state index is -0.892. The van der Waals surface area contributed by atoms with Crippen LogP contribution in [-0.4, -0.2) is 18.7 Å². The Labute approximate surface area is 41.4 Å². The first-order valence-electron chi connectivity index (χ1n) is 1.18. The van der Waals surface area contributed by atoms with Crippen LogP contribution in [0.2, 0.25) is 0 Å². The molecule has 0 saturated carbocycles. The van der Waals surface area contributed by atoms with E-state index in [9.17, 15) is 4.79 Å². The Morgan fingerprint density at radius 2 is 2.00 bits per heavy atom. The summed E-state index contributed by atoms with van der Waals surface area (Å²) in [6.07, 6.45) is 0. The fourth-order valence-electron chi connectivity index (χ4n) is 0. The second-order valence-corrected chi connectivity index (χ2v) is 1.06. The Balaban J connectivity index is 3.57. The minimum absolute atomic E-state index is 0.630. The van der Waals surface area contributed by atoms with E-state index in [0.717, 1.165) is 0 Å². The quantitative estimate of drug-likeness (QED) is 0.363. The average molecular weight is 101 g/mol. The van der Waals surface area contributed by atoms with Gasteiger partial charge in [-0.05, 0) is 0 Å². The third kappa shape index (κ3) is 1.97. The zero-order valence-corrected chi connectivity index (χ0v) is 3.62. The first-order chi connectivity index (χ1) is 2.64. The number of halogens is 1. The van der Waals surface area contributed by atoms with Crippen molar-refractivity contribution in [3.63, 3.8) is 0 Å². The summed E-state index contributed by atoms with van der Waals surface area (Å²) in [6.45, 7) is 0. The maximum atomic E-state index is 9.56. The molecule has 0 bridgehead atoms. The summed E-state index contributed by atoms with van der Waals surface area (Å²) < 4.78 is 0. The topological polar surface area (TPSA) is 40.9 Å². The van der Waals surface area contributed by atoms with Crippen LogP contribution in [0.25, 0.3) is 0 Å².